The third-order valence-electron chi connectivity index (χ3n) is 2.49. The fraction of sp³-hybridized carbons (Fsp3) is 0.800. The topological polar surface area (TPSA) is 32.3 Å². The highest BCUT2D eigenvalue weighted by molar-refractivity contribution is 4.93. The molecule has 12 heavy (non-hydrogen) atoms. The Morgan fingerprint density at radius 2 is 2.17 bits per heavy atom. The lowest BCUT2D eigenvalue weighted by Crippen LogP contribution is -2.42. The van der Waals surface area contributed by atoms with Crippen LogP contribution in [-0.2, 0) is 0 Å². The van der Waals surface area contributed by atoms with Crippen molar-refractivity contribution in [2.24, 2.45) is 0 Å². The van der Waals surface area contributed by atoms with Crippen molar-refractivity contribution in [1.82, 2.24) is 5.32 Å². The van der Waals surface area contributed by atoms with Crippen LogP contribution in [0.15, 0.2) is 12.2 Å². The first-order valence-electron chi connectivity index (χ1n) is 4.79. The van der Waals surface area contributed by atoms with Crippen molar-refractivity contribution < 1.29 is 5.11 Å². The normalized spacial score (nSPS) is 28.4. The largest absolute Gasteiger partial charge is 0.392 e. The van der Waals surface area contributed by atoms with Crippen LogP contribution < -0.4 is 5.32 Å². The van der Waals surface area contributed by atoms with E-state index in [-0.39, 0.29) is 12.1 Å². The van der Waals surface area contributed by atoms with Crippen LogP contribution in [0.5, 0.6) is 0 Å². The summed E-state index contributed by atoms with van der Waals surface area (Å²) in [7, 11) is 0. The molecule has 0 radical (unpaired) electrons. The average Bonchev–Trinajstić information content (AvgIpc) is 2.06. The fourth-order valence-electron chi connectivity index (χ4n) is 1.46. The van der Waals surface area contributed by atoms with Crippen LogP contribution in [-0.4, -0.2) is 23.3 Å². The number of hydrogen-bond donors (Lipinski definition) is 2. The molecule has 3 atom stereocenters. The van der Waals surface area contributed by atoms with Gasteiger partial charge in [-0.3, -0.25) is 0 Å². The molecule has 0 aromatic rings. The second kappa shape index (κ2) is 4.63. The highest BCUT2D eigenvalue weighted by atomic mass is 16.3. The molecule has 0 heterocycles. The van der Waals surface area contributed by atoms with Gasteiger partial charge in [0.15, 0.2) is 0 Å². The molecule has 0 spiro atoms. The van der Waals surface area contributed by atoms with Gasteiger partial charge in [0.05, 0.1) is 6.10 Å². The van der Waals surface area contributed by atoms with E-state index in [1.165, 1.54) is 12.8 Å². The van der Waals surface area contributed by atoms with Gasteiger partial charge in [-0.1, -0.05) is 12.2 Å². The summed E-state index contributed by atoms with van der Waals surface area (Å²) in [5.74, 6) is 0. The highest BCUT2D eigenvalue weighted by Crippen LogP contribution is 2.11. The van der Waals surface area contributed by atoms with Crippen molar-refractivity contribution in [1.29, 1.82) is 0 Å². The van der Waals surface area contributed by atoms with Crippen molar-refractivity contribution in [3.05, 3.63) is 12.2 Å². The molecule has 1 aliphatic rings. The zero-order valence-electron chi connectivity index (χ0n) is 7.96. The van der Waals surface area contributed by atoms with Crippen LogP contribution in [0, 0.1) is 0 Å². The van der Waals surface area contributed by atoms with Gasteiger partial charge >= 0.3 is 0 Å². The second-order valence-electron chi connectivity index (χ2n) is 3.68. The molecule has 0 fully saturated rings. The van der Waals surface area contributed by atoms with E-state index < -0.39 is 0 Å². The minimum Gasteiger partial charge on any atom is -0.392 e. The third-order valence-corrected chi connectivity index (χ3v) is 2.49. The summed E-state index contributed by atoms with van der Waals surface area (Å²) < 4.78 is 0. The quantitative estimate of drug-likeness (QED) is 0.627. The van der Waals surface area contributed by atoms with Crippen LogP contribution in [0.25, 0.3) is 0 Å². The maximum atomic E-state index is 9.27. The minimum atomic E-state index is -0.254. The highest BCUT2D eigenvalue weighted by Gasteiger charge is 2.15. The Kier molecular flexibility index (Phi) is 3.76. The summed E-state index contributed by atoms with van der Waals surface area (Å²) in [5.41, 5.74) is 0. The molecule has 0 aromatic carbocycles. The molecule has 70 valence electrons. The van der Waals surface area contributed by atoms with Crippen LogP contribution in [0.1, 0.15) is 33.1 Å². The lowest BCUT2D eigenvalue weighted by Gasteiger charge is -2.25. The first-order chi connectivity index (χ1) is 5.70. The van der Waals surface area contributed by atoms with E-state index in [0.717, 1.165) is 6.42 Å². The van der Waals surface area contributed by atoms with Gasteiger partial charge in [0.25, 0.3) is 0 Å². The Morgan fingerprint density at radius 3 is 2.67 bits per heavy atom. The van der Waals surface area contributed by atoms with Gasteiger partial charge in [-0.25, -0.2) is 0 Å². The van der Waals surface area contributed by atoms with Gasteiger partial charge in [-0.2, -0.15) is 0 Å². The van der Waals surface area contributed by atoms with E-state index >= 15 is 0 Å². The molecular weight excluding hydrogens is 150 g/mol. The Labute approximate surface area is 74.7 Å². The molecule has 3 unspecified atom stereocenters. The number of nitrogens with one attached hydrogen (secondary N) is 1. The van der Waals surface area contributed by atoms with Gasteiger partial charge in [-0.05, 0) is 33.1 Å². The van der Waals surface area contributed by atoms with Crippen LogP contribution in [0.4, 0.5) is 0 Å². The third kappa shape index (κ3) is 2.95. The molecule has 2 heteroatoms. The standard InChI is InChI=1S/C10H19NO/c1-8(9(2)12)11-10-6-4-3-5-7-10/h3-4,8-12H,5-7H2,1-2H3. The molecule has 0 amide bonds. The van der Waals surface area contributed by atoms with Gasteiger partial charge in [0.2, 0.25) is 0 Å². The number of aliphatic hydroxyl groups excluding tert-OH is 1. The SMILES string of the molecule is CC(O)C(C)NC1CC=CCC1. The van der Waals surface area contributed by atoms with Gasteiger partial charge < -0.3 is 10.4 Å². The van der Waals surface area contributed by atoms with Crippen LogP contribution >= 0.6 is 0 Å². The summed E-state index contributed by atoms with van der Waals surface area (Å²) in [6.45, 7) is 3.86. The zero-order chi connectivity index (χ0) is 8.97. The number of aliphatic hydroxyl groups is 1. The maximum Gasteiger partial charge on any atom is 0.0662 e. The molecule has 0 saturated heterocycles. The van der Waals surface area contributed by atoms with Gasteiger partial charge in [0, 0.05) is 12.1 Å². The molecule has 2 nitrogen and oxygen atoms in total. The van der Waals surface area contributed by atoms with Gasteiger partial charge in [-0.15, -0.1) is 0 Å². The number of hydrogen-bond acceptors (Lipinski definition) is 2. The van der Waals surface area contributed by atoms with Crippen molar-refractivity contribution >= 4 is 0 Å². The molecule has 2 N–H and O–H groups in total. The Balaban J connectivity index is 2.25. The predicted molar refractivity (Wildman–Crippen MR) is 51.1 cm³/mol. The molecule has 0 aromatic heterocycles. The van der Waals surface area contributed by atoms with E-state index in [9.17, 15) is 5.11 Å². The van der Waals surface area contributed by atoms with Crippen LogP contribution in [0.3, 0.4) is 0 Å². The Hall–Kier alpha value is -0.340. The second-order valence-corrected chi connectivity index (χ2v) is 3.68. The van der Waals surface area contributed by atoms with Crippen molar-refractivity contribution in [3.63, 3.8) is 0 Å². The van der Waals surface area contributed by atoms with E-state index in [1.54, 1.807) is 0 Å². The zero-order valence-corrected chi connectivity index (χ0v) is 7.96. The Bertz CT molecular complexity index is 154. The van der Waals surface area contributed by atoms with Crippen molar-refractivity contribution in [2.45, 2.75) is 51.3 Å². The summed E-state index contributed by atoms with van der Waals surface area (Å²) in [4.78, 5) is 0. The summed E-state index contributed by atoms with van der Waals surface area (Å²) >= 11 is 0. The molecule has 1 aliphatic carbocycles. The first kappa shape index (κ1) is 9.75. The Morgan fingerprint density at radius 1 is 1.42 bits per heavy atom. The monoisotopic (exact) mass is 169 g/mol. The van der Waals surface area contributed by atoms with Crippen molar-refractivity contribution in [2.75, 3.05) is 0 Å². The average molecular weight is 169 g/mol. The molecular formula is C10H19NO. The summed E-state index contributed by atoms with van der Waals surface area (Å²) in [6, 6.07) is 0.779. The minimum absolute atomic E-state index is 0.210. The first-order valence-corrected chi connectivity index (χ1v) is 4.79. The smallest absolute Gasteiger partial charge is 0.0662 e. The van der Waals surface area contributed by atoms with E-state index in [0.29, 0.717) is 6.04 Å². The summed E-state index contributed by atoms with van der Waals surface area (Å²) in [6.07, 6.45) is 7.67. The lowest BCUT2D eigenvalue weighted by molar-refractivity contribution is 0.144. The van der Waals surface area contributed by atoms with E-state index in [4.69, 9.17) is 0 Å². The molecule has 0 saturated carbocycles. The maximum absolute atomic E-state index is 9.27. The van der Waals surface area contributed by atoms with Crippen LogP contribution in [0.2, 0.25) is 0 Å². The molecule has 0 aliphatic heterocycles. The lowest BCUT2D eigenvalue weighted by atomic mass is 10.0. The van der Waals surface area contributed by atoms with E-state index in [1.807, 2.05) is 13.8 Å². The predicted octanol–water partition coefficient (Wildman–Crippen LogP) is 1.45. The fourth-order valence-corrected chi connectivity index (χ4v) is 1.46. The van der Waals surface area contributed by atoms with Crippen molar-refractivity contribution in [3.8, 4) is 0 Å². The number of rotatable bonds is 3. The van der Waals surface area contributed by atoms with Gasteiger partial charge in [0.1, 0.15) is 0 Å². The molecule has 1 rings (SSSR count). The number of allylic oxidation sites excluding steroid dienone is 1. The van der Waals surface area contributed by atoms with E-state index in [2.05, 4.69) is 17.5 Å². The molecule has 0 bridgehead atoms. The summed E-state index contributed by atoms with van der Waals surface area (Å²) in [5, 5.41) is 12.7.